The molecule has 1 aromatic heterocycles. The monoisotopic (exact) mass is 205 g/mol. The van der Waals surface area contributed by atoms with Crippen LogP contribution in [0.4, 0.5) is 0 Å². The predicted octanol–water partition coefficient (Wildman–Crippen LogP) is 0.704. The molecule has 0 saturated carbocycles. The predicted molar refractivity (Wildman–Crippen MR) is 57.0 cm³/mol. The zero-order valence-corrected chi connectivity index (χ0v) is 8.60. The molecule has 2 rings (SSSR count). The van der Waals surface area contributed by atoms with Crippen LogP contribution in [-0.4, -0.2) is 28.9 Å². The van der Waals surface area contributed by atoms with Gasteiger partial charge in [-0.2, -0.15) is 0 Å². The summed E-state index contributed by atoms with van der Waals surface area (Å²) in [5.41, 5.74) is 6.51. The van der Waals surface area contributed by atoms with Crippen LogP contribution >= 0.6 is 0 Å². The number of rotatable bonds is 2. The molecule has 80 valence electrons. The van der Waals surface area contributed by atoms with Crippen molar-refractivity contribution >= 4 is 5.91 Å². The van der Waals surface area contributed by atoms with E-state index in [1.165, 1.54) is 0 Å². The van der Waals surface area contributed by atoms with Crippen LogP contribution < -0.4 is 5.73 Å². The molecule has 4 heteroatoms. The Bertz CT molecular complexity index is 333. The number of pyridine rings is 1. The second-order valence-electron chi connectivity index (χ2n) is 3.76. The van der Waals surface area contributed by atoms with Gasteiger partial charge in [0.2, 0.25) is 5.91 Å². The Kier molecular flexibility index (Phi) is 2.97. The Hall–Kier alpha value is -1.42. The summed E-state index contributed by atoms with van der Waals surface area (Å²) in [6.07, 6.45) is 3.83. The molecular formula is C11H15N3O. The van der Waals surface area contributed by atoms with Crippen LogP contribution in [0.3, 0.4) is 0 Å². The third-order valence-electron chi connectivity index (χ3n) is 2.69. The topological polar surface area (TPSA) is 59.2 Å². The van der Waals surface area contributed by atoms with E-state index in [9.17, 15) is 4.79 Å². The number of hydrogen-bond acceptors (Lipinski definition) is 3. The first kappa shape index (κ1) is 10.1. The van der Waals surface area contributed by atoms with Crippen molar-refractivity contribution in [3.63, 3.8) is 0 Å². The lowest BCUT2D eigenvalue weighted by Crippen LogP contribution is -2.36. The highest BCUT2D eigenvalue weighted by atomic mass is 16.2. The van der Waals surface area contributed by atoms with E-state index in [1.807, 2.05) is 17.0 Å². The van der Waals surface area contributed by atoms with Crippen molar-refractivity contribution in [2.45, 2.75) is 18.9 Å². The Morgan fingerprint density at radius 3 is 2.73 bits per heavy atom. The van der Waals surface area contributed by atoms with Gasteiger partial charge in [0.05, 0.1) is 5.69 Å². The smallest absolute Gasteiger partial charge is 0.245 e. The first-order chi connectivity index (χ1) is 7.29. The average molecular weight is 205 g/mol. The SMILES string of the molecule is NC(C(=O)N1CCCC1)c1ccccn1. The van der Waals surface area contributed by atoms with E-state index in [4.69, 9.17) is 5.73 Å². The highest BCUT2D eigenvalue weighted by molar-refractivity contribution is 5.82. The van der Waals surface area contributed by atoms with Gasteiger partial charge in [-0.1, -0.05) is 6.07 Å². The van der Waals surface area contributed by atoms with E-state index >= 15 is 0 Å². The van der Waals surface area contributed by atoms with Gasteiger partial charge in [-0.3, -0.25) is 9.78 Å². The number of likely N-dealkylation sites (tertiary alicyclic amines) is 1. The molecular weight excluding hydrogens is 190 g/mol. The van der Waals surface area contributed by atoms with Crippen molar-refractivity contribution in [2.75, 3.05) is 13.1 Å². The number of hydrogen-bond donors (Lipinski definition) is 1. The Morgan fingerprint density at radius 2 is 2.13 bits per heavy atom. The van der Waals surface area contributed by atoms with E-state index in [0.717, 1.165) is 25.9 Å². The third kappa shape index (κ3) is 2.15. The zero-order valence-electron chi connectivity index (χ0n) is 8.60. The molecule has 2 N–H and O–H groups in total. The minimum absolute atomic E-state index is 0.00815. The van der Waals surface area contributed by atoms with Crippen molar-refractivity contribution < 1.29 is 4.79 Å². The van der Waals surface area contributed by atoms with Gasteiger partial charge < -0.3 is 10.6 Å². The second kappa shape index (κ2) is 4.40. The third-order valence-corrected chi connectivity index (χ3v) is 2.69. The Labute approximate surface area is 89.1 Å². The summed E-state index contributed by atoms with van der Waals surface area (Å²) in [5, 5.41) is 0. The van der Waals surface area contributed by atoms with Crippen LogP contribution in [0.25, 0.3) is 0 Å². The van der Waals surface area contributed by atoms with E-state index in [-0.39, 0.29) is 5.91 Å². The summed E-state index contributed by atoms with van der Waals surface area (Å²) < 4.78 is 0. The van der Waals surface area contributed by atoms with Gasteiger partial charge in [0, 0.05) is 19.3 Å². The molecule has 1 amide bonds. The van der Waals surface area contributed by atoms with Crippen molar-refractivity contribution in [2.24, 2.45) is 5.73 Å². The maximum absolute atomic E-state index is 11.9. The molecule has 1 atom stereocenters. The summed E-state index contributed by atoms with van der Waals surface area (Å²) in [7, 11) is 0. The molecule has 4 nitrogen and oxygen atoms in total. The standard InChI is InChI=1S/C11H15N3O/c12-10(9-5-1-2-6-13-9)11(15)14-7-3-4-8-14/h1-2,5-6,10H,3-4,7-8,12H2. The molecule has 1 aliphatic rings. The van der Waals surface area contributed by atoms with Crippen LogP contribution in [0.5, 0.6) is 0 Å². The lowest BCUT2D eigenvalue weighted by atomic mass is 10.2. The molecule has 0 bridgehead atoms. The maximum Gasteiger partial charge on any atom is 0.245 e. The largest absolute Gasteiger partial charge is 0.341 e. The summed E-state index contributed by atoms with van der Waals surface area (Å²) in [5.74, 6) is -0.00815. The normalized spacial score (nSPS) is 17.8. The molecule has 2 heterocycles. The van der Waals surface area contributed by atoms with Crippen LogP contribution in [0, 0.1) is 0 Å². The van der Waals surface area contributed by atoms with Gasteiger partial charge >= 0.3 is 0 Å². The Balaban J connectivity index is 2.07. The first-order valence-electron chi connectivity index (χ1n) is 5.24. The van der Waals surface area contributed by atoms with Gasteiger partial charge in [-0.15, -0.1) is 0 Å². The van der Waals surface area contributed by atoms with Gasteiger partial charge in [-0.05, 0) is 25.0 Å². The van der Waals surface area contributed by atoms with Gasteiger partial charge in [-0.25, -0.2) is 0 Å². The van der Waals surface area contributed by atoms with Crippen molar-refractivity contribution in [3.05, 3.63) is 30.1 Å². The molecule has 0 aromatic carbocycles. The number of carbonyl (C=O) groups is 1. The fourth-order valence-electron chi connectivity index (χ4n) is 1.82. The van der Waals surface area contributed by atoms with Gasteiger partial charge in [0.25, 0.3) is 0 Å². The molecule has 0 radical (unpaired) electrons. The van der Waals surface area contributed by atoms with Crippen molar-refractivity contribution in [1.29, 1.82) is 0 Å². The van der Waals surface area contributed by atoms with E-state index in [0.29, 0.717) is 5.69 Å². The van der Waals surface area contributed by atoms with E-state index in [2.05, 4.69) is 4.98 Å². The molecule has 15 heavy (non-hydrogen) atoms. The van der Waals surface area contributed by atoms with Crippen LogP contribution in [-0.2, 0) is 4.79 Å². The quantitative estimate of drug-likeness (QED) is 0.773. The fourth-order valence-corrected chi connectivity index (χ4v) is 1.82. The van der Waals surface area contributed by atoms with Gasteiger partial charge in [0.1, 0.15) is 6.04 Å². The molecule has 1 aliphatic heterocycles. The minimum Gasteiger partial charge on any atom is -0.341 e. The first-order valence-corrected chi connectivity index (χ1v) is 5.24. The number of nitrogens with zero attached hydrogens (tertiary/aromatic N) is 2. The number of nitrogens with two attached hydrogens (primary N) is 1. The minimum atomic E-state index is -0.607. The molecule has 0 spiro atoms. The lowest BCUT2D eigenvalue weighted by molar-refractivity contribution is -0.131. The highest BCUT2D eigenvalue weighted by Crippen LogP contribution is 2.15. The lowest BCUT2D eigenvalue weighted by Gasteiger charge is -2.19. The van der Waals surface area contributed by atoms with Crippen LogP contribution in [0.15, 0.2) is 24.4 Å². The Morgan fingerprint density at radius 1 is 1.40 bits per heavy atom. The molecule has 1 unspecified atom stereocenters. The van der Waals surface area contributed by atoms with Crippen molar-refractivity contribution in [1.82, 2.24) is 9.88 Å². The van der Waals surface area contributed by atoms with Crippen molar-refractivity contribution in [3.8, 4) is 0 Å². The average Bonchev–Trinajstić information content (AvgIpc) is 2.82. The molecule has 1 fully saturated rings. The van der Waals surface area contributed by atoms with Crippen LogP contribution in [0.1, 0.15) is 24.6 Å². The summed E-state index contributed by atoms with van der Waals surface area (Å²) >= 11 is 0. The molecule has 1 aromatic rings. The molecule has 0 aliphatic carbocycles. The maximum atomic E-state index is 11.9. The summed E-state index contributed by atoms with van der Waals surface area (Å²) in [6, 6.07) is 4.85. The number of amides is 1. The van der Waals surface area contributed by atoms with E-state index < -0.39 is 6.04 Å². The fraction of sp³-hybridized carbons (Fsp3) is 0.455. The summed E-state index contributed by atoms with van der Waals surface area (Å²) in [4.78, 5) is 17.8. The second-order valence-corrected chi connectivity index (χ2v) is 3.76. The zero-order chi connectivity index (χ0) is 10.7. The van der Waals surface area contributed by atoms with Gasteiger partial charge in [0.15, 0.2) is 0 Å². The van der Waals surface area contributed by atoms with Crippen LogP contribution in [0.2, 0.25) is 0 Å². The summed E-state index contributed by atoms with van der Waals surface area (Å²) in [6.45, 7) is 1.67. The number of carbonyl (C=O) groups excluding carboxylic acids is 1. The highest BCUT2D eigenvalue weighted by Gasteiger charge is 2.25. The molecule has 1 saturated heterocycles. The van der Waals surface area contributed by atoms with E-state index in [1.54, 1.807) is 12.3 Å². The number of aromatic nitrogens is 1.